The van der Waals surface area contributed by atoms with Gasteiger partial charge in [0, 0.05) is 19.5 Å². The van der Waals surface area contributed by atoms with Crippen molar-refractivity contribution in [3.8, 4) is 0 Å². The third kappa shape index (κ3) is 6.88. The molecule has 0 atom stereocenters. The number of hydrogen-bond donors (Lipinski definition) is 3. The monoisotopic (exact) mass is 271 g/mol. The summed E-state index contributed by atoms with van der Waals surface area (Å²) in [6, 6.07) is 9.65. The molecule has 100 valence electrons. The van der Waals surface area contributed by atoms with Crippen molar-refractivity contribution in [3.63, 3.8) is 0 Å². The minimum Gasteiger partial charge on any atom is -0.354 e. The second-order valence-corrected chi connectivity index (χ2v) is 3.57. The first-order valence-corrected chi connectivity index (χ1v) is 5.49. The normalized spacial score (nSPS) is 9.17. The van der Waals surface area contributed by atoms with Gasteiger partial charge in [-0.05, 0) is 5.56 Å². The van der Waals surface area contributed by atoms with E-state index >= 15 is 0 Å². The van der Waals surface area contributed by atoms with Gasteiger partial charge >= 0.3 is 0 Å². The number of nitrogens with one attached hydrogen (secondary N) is 2. The van der Waals surface area contributed by atoms with Crippen molar-refractivity contribution in [3.05, 3.63) is 35.9 Å². The van der Waals surface area contributed by atoms with Crippen LogP contribution in [-0.4, -0.2) is 24.9 Å². The van der Waals surface area contributed by atoms with Crippen LogP contribution < -0.4 is 16.4 Å². The fourth-order valence-electron chi connectivity index (χ4n) is 1.27. The average Bonchev–Trinajstić information content (AvgIpc) is 2.37. The predicted molar refractivity (Wildman–Crippen MR) is 72.2 cm³/mol. The molecule has 6 heteroatoms. The summed E-state index contributed by atoms with van der Waals surface area (Å²) in [6.07, 6.45) is 0.262. The van der Waals surface area contributed by atoms with E-state index in [1.165, 1.54) is 0 Å². The first kappa shape index (κ1) is 16.4. The Kier molecular flexibility index (Phi) is 8.61. The lowest BCUT2D eigenvalue weighted by Crippen LogP contribution is -2.34. The fourth-order valence-corrected chi connectivity index (χ4v) is 1.27. The van der Waals surface area contributed by atoms with E-state index in [4.69, 9.17) is 5.73 Å². The molecule has 0 unspecified atom stereocenters. The Morgan fingerprint density at radius 1 is 1.06 bits per heavy atom. The number of amides is 2. The van der Waals surface area contributed by atoms with Crippen LogP contribution in [0.1, 0.15) is 12.0 Å². The molecule has 4 N–H and O–H groups in total. The molecule has 0 spiro atoms. The Morgan fingerprint density at radius 2 is 1.72 bits per heavy atom. The maximum Gasteiger partial charge on any atom is 0.233 e. The first-order chi connectivity index (χ1) is 8.22. The number of hydrogen-bond acceptors (Lipinski definition) is 3. The van der Waals surface area contributed by atoms with Crippen molar-refractivity contribution >= 4 is 24.2 Å². The Labute approximate surface area is 113 Å². The zero-order valence-corrected chi connectivity index (χ0v) is 10.8. The van der Waals surface area contributed by atoms with E-state index in [2.05, 4.69) is 10.6 Å². The molecule has 1 aromatic rings. The van der Waals surface area contributed by atoms with Crippen LogP contribution in [0.25, 0.3) is 0 Å². The zero-order chi connectivity index (χ0) is 12.5. The molecule has 0 bridgehead atoms. The maximum atomic E-state index is 11.4. The largest absolute Gasteiger partial charge is 0.354 e. The van der Waals surface area contributed by atoms with Gasteiger partial charge in [0.15, 0.2) is 0 Å². The highest BCUT2D eigenvalue weighted by Gasteiger charge is 2.02. The summed E-state index contributed by atoms with van der Waals surface area (Å²) in [5.41, 5.74) is 6.16. The highest BCUT2D eigenvalue weighted by molar-refractivity contribution is 5.85. The second-order valence-electron chi connectivity index (χ2n) is 3.57. The van der Waals surface area contributed by atoms with Crippen LogP contribution >= 0.6 is 12.4 Å². The molecule has 0 aromatic heterocycles. The molecule has 0 saturated carbocycles. The molecule has 0 heterocycles. The molecular weight excluding hydrogens is 254 g/mol. The number of rotatable bonds is 6. The highest BCUT2D eigenvalue weighted by atomic mass is 35.5. The van der Waals surface area contributed by atoms with Gasteiger partial charge in [0.1, 0.15) is 0 Å². The molecule has 0 saturated heterocycles. The van der Waals surface area contributed by atoms with E-state index < -0.39 is 0 Å². The van der Waals surface area contributed by atoms with Gasteiger partial charge in [-0.15, -0.1) is 12.4 Å². The summed E-state index contributed by atoms with van der Waals surface area (Å²) in [5.74, 6) is -0.341. The number of halogens is 1. The number of carbonyl (C=O) groups excluding carboxylic acids is 2. The molecule has 1 rings (SSSR count). The lowest BCUT2D eigenvalue weighted by atomic mass is 10.2. The molecule has 5 nitrogen and oxygen atoms in total. The maximum absolute atomic E-state index is 11.4. The molecule has 0 radical (unpaired) electrons. The summed E-state index contributed by atoms with van der Waals surface area (Å²) in [6.45, 7) is 0.771. The average molecular weight is 272 g/mol. The van der Waals surface area contributed by atoms with Gasteiger partial charge in [-0.25, -0.2) is 0 Å². The van der Waals surface area contributed by atoms with Gasteiger partial charge in [0.2, 0.25) is 11.8 Å². The van der Waals surface area contributed by atoms with E-state index in [1.54, 1.807) is 0 Å². The molecular formula is C12H18ClN3O2. The van der Waals surface area contributed by atoms with Crippen molar-refractivity contribution in [2.45, 2.75) is 13.0 Å². The molecule has 0 aliphatic rings. The zero-order valence-electron chi connectivity index (χ0n) is 10.0. The predicted octanol–water partition coefficient (Wildman–Crippen LogP) is 0.190. The van der Waals surface area contributed by atoms with Crippen molar-refractivity contribution in [1.82, 2.24) is 10.6 Å². The smallest absolute Gasteiger partial charge is 0.233 e. The van der Waals surface area contributed by atoms with Crippen molar-refractivity contribution < 1.29 is 9.59 Å². The lowest BCUT2D eigenvalue weighted by Gasteiger charge is -2.06. The number of nitrogens with two attached hydrogens (primary N) is 1. The van der Waals surface area contributed by atoms with E-state index in [1.807, 2.05) is 30.3 Å². The van der Waals surface area contributed by atoms with Gasteiger partial charge in [-0.2, -0.15) is 0 Å². The fraction of sp³-hybridized carbons (Fsp3) is 0.333. The van der Waals surface area contributed by atoms with Crippen molar-refractivity contribution in [1.29, 1.82) is 0 Å². The van der Waals surface area contributed by atoms with Crippen LogP contribution in [0.2, 0.25) is 0 Å². The summed E-state index contributed by atoms with van der Waals surface area (Å²) in [4.78, 5) is 22.2. The van der Waals surface area contributed by atoms with Gasteiger partial charge in [-0.1, -0.05) is 30.3 Å². The molecule has 2 amide bonds. The third-order valence-electron chi connectivity index (χ3n) is 2.19. The number of carbonyl (C=O) groups is 2. The standard InChI is InChI=1S/C12H17N3O2.ClH/c13-8-12(17)14-7-6-11(16)15-9-10-4-2-1-3-5-10;/h1-5H,6-9,13H2,(H,14,17)(H,15,16);1H. The number of benzene rings is 1. The Balaban J connectivity index is 0.00000289. The minimum atomic E-state index is -0.249. The van der Waals surface area contributed by atoms with Gasteiger partial charge in [0.25, 0.3) is 0 Å². The van der Waals surface area contributed by atoms with Crippen LogP contribution in [0.4, 0.5) is 0 Å². The highest BCUT2D eigenvalue weighted by Crippen LogP contribution is 1.97. The second kappa shape index (κ2) is 9.44. The van der Waals surface area contributed by atoms with Crippen LogP contribution in [0.5, 0.6) is 0 Å². The van der Waals surface area contributed by atoms with Crippen LogP contribution in [-0.2, 0) is 16.1 Å². The summed E-state index contributed by atoms with van der Waals surface area (Å²) >= 11 is 0. The van der Waals surface area contributed by atoms with Crippen LogP contribution in [0.15, 0.2) is 30.3 Å². The lowest BCUT2D eigenvalue weighted by molar-refractivity contribution is -0.121. The van der Waals surface area contributed by atoms with Gasteiger partial charge in [-0.3, -0.25) is 9.59 Å². The third-order valence-corrected chi connectivity index (χ3v) is 2.19. The molecule has 18 heavy (non-hydrogen) atoms. The Hall–Kier alpha value is -1.59. The van der Waals surface area contributed by atoms with Gasteiger partial charge in [0.05, 0.1) is 6.54 Å². The quantitative estimate of drug-likeness (QED) is 0.691. The first-order valence-electron chi connectivity index (χ1n) is 5.49. The topological polar surface area (TPSA) is 84.2 Å². The van der Waals surface area contributed by atoms with Crippen molar-refractivity contribution in [2.75, 3.05) is 13.1 Å². The summed E-state index contributed by atoms with van der Waals surface area (Å²) in [5, 5.41) is 5.31. The van der Waals surface area contributed by atoms with E-state index in [0.29, 0.717) is 13.1 Å². The molecule has 0 aliphatic carbocycles. The molecule has 0 aliphatic heterocycles. The molecule has 0 fully saturated rings. The summed E-state index contributed by atoms with van der Waals surface area (Å²) < 4.78 is 0. The molecule has 1 aromatic carbocycles. The van der Waals surface area contributed by atoms with E-state index in [-0.39, 0.29) is 37.2 Å². The minimum absolute atomic E-state index is 0. The SMILES string of the molecule is Cl.NCC(=O)NCCC(=O)NCc1ccccc1. The van der Waals surface area contributed by atoms with Crippen LogP contribution in [0, 0.1) is 0 Å². The Morgan fingerprint density at radius 3 is 2.33 bits per heavy atom. The Bertz CT molecular complexity index is 371. The van der Waals surface area contributed by atoms with Crippen molar-refractivity contribution in [2.24, 2.45) is 5.73 Å². The van der Waals surface area contributed by atoms with Gasteiger partial charge < -0.3 is 16.4 Å². The summed E-state index contributed by atoms with van der Waals surface area (Å²) in [7, 11) is 0. The van der Waals surface area contributed by atoms with E-state index in [9.17, 15) is 9.59 Å². The van der Waals surface area contributed by atoms with E-state index in [0.717, 1.165) is 5.56 Å². The van der Waals surface area contributed by atoms with Crippen LogP contribution in [0.3, 0.4) is 0 Å².